The van der Waals surface area contributed by atoms with Crippen molar-refractivity contribution in [3.8, 4) is 5.75 Å². The average Bonchev–Trinajstić information content (AvgIpc) is 2.29. The van der Waals surface area contributed by atoms with Gasteiger partial charge < -0.3 is 15.2 Å². The van der Waals surface area contributed by atoms with Crippen molar-refractivity contribution < 1.29 is 9.84 Å². The predicted molar refractivity (Wildman–Crippen MR) is 70.2 cm³/mol. The molecule has 3 heteroatoms. The van der Waals surface area contributed by atoms with Gasteiger partial charge in [0.15, 0.2) is 0 Å². The molecule has 0 saturated heterocycles. The van der Waals surface area contributed by atoms with Gasteiger partial charge in [0.25, 0.3) is 0 Å². The Labute approximate surface area is 104 Å². The van der Waals surface area contributed by atoms with Crippen LogP contribution >= 0.6 is 0 Å². The van der Waals surface area contributed by atoms with Gasteiger partial charge in [-0.15, -0.1) is 0 Å². The number of rotatable bonds is 8. The van der Waals surface area contributed by atoms with Crippen molar-refractivity contribution in [2.45, 2.75) is 39.3 Å². The third kappa shape index (κ3) is 6.29. The molecule has 0 saturated carbocycles. The van der Waals surface area contributed by atoms with Crippen LogP contribution in [0.1, 0.15) is 32.3 Å². The van der Waals surface area contributed by atoms with E-state index in [9.17, 15) is 0 Å². The van der Waals surface area contributed by atoms with Crippen LogP contribution in [0, 0.1) is 0 Å². The minimum atomic E-state index is -0.196. The molecule has 3 nitrogen and oxygen atoms in total. The molecular weight excluding hydrogens is 214 g/mol. The third-order valence-electron chi connectivity index (χ3n) is 2.51. The topological polar surface area (TPSA) is 41.5 Å². The van der Waals surface area contributed by atoms with E-state index in [-0.39, 0.29) is 6.10 Å². The second-order valence-corrected chi connectivity index (χ2v) is 4.25. The summed E-state index contributed by atoms with van der Waals surface area (Å²) in [7, 11) is 0. The quantitative estimate of drug-likeness (QED) is 0.682. The first kappa shape index (κ1) is 14.0. The second-order valence-electron chi connectivity index (χ2n) is 4.25. The fraction of sp³-hybridized carbons (Fsp3) is 0.571. The minimum Gasteiger partial charge on any atom is -0.494 e. The predicted octanol–water partition coefficient (Wildman–Crippen LogP) is 2.34. The van der Waals surface area contributed by atoms with Crippen LogP contribution in [0.2, 0.25) is 0 Å². The lowest BCUT2D eigenvalue weighted by Crippen LogP contribution is -2.16. The summed E-state index contributed by atoms with van der Waals surface area (Å²) in [6.07, 6.45) is 1.66. The molecule has 0 aromatic heterocycles. The lowest BCUT2D eigenvalue weighted by Gasteiger charge is -2.08. The fourth-order valence-electron chi connectivity index (χ4n) is 1.67. The van der Waals surface area contributed by atoms with E-state index in [0.717, 1.165) is 31.7 Å². The lowest BCUT2D eigenvalue weighted by atomic mass is 10.2. The number of aliphatic hydroxyl groups is 1. The zero-order valence-electron chi connectivity index (χ0n) is 10.8. The summed E-state index contributed by atoms with van der Waals surface area (Å²) in [6, 6.07) is 8.13. The van der Waals surface area contributed by atoms with E-state index in [1.165, 1.54) is 5.56 Å². The monoisotopic (exact) mass is 237 g/mol. The molecule has 0 aliphatic heterocycles. The van der Waals surface area contributed by atoms with Crippen LogP contribution in [-0.2, 0) is 6.54 Å². The van der Waals surface area contributed by atoms with Crippen molar-refractivity contribution in [3.63, 3.8) is 0 Å². The van der Waals surface area contributed by atoms with Crippen molar-refractivity contribution in [1.29, 1.82) is 0 Å². The fourth-order valence-corrected chi connectivity index (χ4v) is 1.67. The van der Waals surface area contributed by atoms with E-state index in [4.69, 9.17) is 9.84 Å². The van der Waals surface area contributed by atoms with Gasteiger partial charge in [0, 0.05) is 6.54 Å². The molecule has 0 heterocycles. The van der Waals surface area contributed by atoms with E-state index in [1.54, 1.807) is 0 Å². The van der Waals surface area contributed by atoms with Crippen LogP contribution in [0.3, 0.4) is 0 Å². The number of hydrogen-bond donors (Lipinski definition) is 2. The van der Waals surface area contributed by atoms with Crippen LogP contribution < -0.4 is 10.1 Å². The van der Waals surface area contributed by atoms with Gasteiger partial charge in [0.05, 0.1) is 12.7 Å². The maximum absolute atomic E-state index is 9.12. The van der Waals surface area contributed by atoms with Gasteiger partial charge >= 0.3 is 0 Å². The molecule has 1 unspecified atom stereocenters. The summed E-state index contributed by atoms with van der Waals surface area (Å²) in [5.74, 6) is 0.927. The highest BCUT2D eigenvalue weighted by Gasteiger charge is 1.97. The highest BCUT2D eigenvalue weighted by molar-refractivity contribution is 5.28. The third-order valence-corrected chi connectivity index (χ3v) is 2.51. The number of aliphatic hydroxyl groups excluding tert-OH is 1. The summed E-state index contributed by atoms with van der Waals surface area (Å²) in [6.45, 7) is 6.29. The van der Waals surface area contributed by atoms with Crippen LogP contribution in [0.25, 0.3) is 0 Å². The molecule has 1 aromatic rings. The molecule has 0 aliphatic carbocycles. The summed E-state index contributed by atoms with van der Waals surface area (Å²) in [5, 5.41) is 12.5. The Morgan fingerprint density at radius 3 is 2.94 bits per heavy atom. The lowest BCUT2D eigenvalue weighted by molar-refractivity contribution is 0.181. The number of ether oxygens (including phenoxy) is 1. The Morgan fingerprint density at radius 2 is 2.24 bits per heavy atom. The highest BCUT2D eigenvalue weighted by Crippen LogP contribution is 2.12. The molecule has 0 aliphatic rings. The van der Waals surface area contributed by atoms with Crippen LogP contribution in [0.4, 0.5) is 0 Å². The van der Waals surface area contributed by atoms with Gasteiger partial charge in [-0.2, -0.15) is 0 Å². The summed E-state index contributed by atoms with van der Waals surface area (Å²) in [5.41, 5.74) is 1.23. The Bertz CT molecular complexity index is 313. The first-order chi connectivity index (χ1) is 8.22. The molecule has 1 rings (SSSR count). The molecule has 1 aromatic carbocycles. The molecule has 1 atom stereocenters. The second kappa shape index (κ2) is 8.09. The van der Waals surface area contributed by atoms with Crippen molar-refractivity contribution in [3.05, 3.63) is 29.8 Å². The number of nitrogens with one attached hydrogen (secondary N) is 1. The molecule has 0 radical (unpaired) electrons. The largest absolute Gasteiger partial charge is 0.494 e. The van der Waals surface area contributed by atoms with Gasteiger partial charge in [-0.1, -0.05) is 12.1 Å². The average molecular weight is 237 g/mol. The van der Waals surface area contributed by atoms with Crippen molar-refractivity contribution >= 4 is 0 Å². The van der Waals surface area contributed by atoms with E-state index in [2.05, 4.69) is 17.4 Å². The van der Waals surface area contributed by atoms with Crippen LogP contribution in [0.5, 0.6) is 5.75 Å². The van der Waals surface area contributed by atoms with Gasteiger partial charge in [0.2, 0.25) is 0 Å². The van der Waals surface area contributed by atoms with Crippen LogP contribution in [-0.4, -0.2) is 24.4 Å². The Kier molecular flexibility index (Phi) is 6.67. The molecular formula is C14H23NO2. The van der Waals surface area contributed by atoms with E-state index in [0.29, 0.717) is 6.61 Å². The maximum atomic E-state index is 9.12. The van der Waals surface area contributed by atoms with Gasteiger partial charge in [-0.05, 0) is 50.9 Å². The van der Waals surface area contributed by atoms with Gasteiger partial charge in [0.1, 0.15) is 5.75 Å². The minimum absolute atomic E-state index is 0.196. The normalized spacial score (nSPS) is 12.4. The Hall–Kier alpha value is -1.06. The van der Waals surface area contributed by atoms with Gasteiger partial charge in [-0.25, -0.2) is 0 Å². The number of benzene rings is 1. The molecule has 17 heavy (non-hydrogen) atoms. The van der Waals surface area contributed by atoms with Gasteiger partial charge in [-0.3, -0.25) is 0 Å². The summed E-state index contributed by atoms with van der Waals surface area (Å²) < 4.78 is 5.44. The molecule has 0 bridgehead atoms. The van der Waals surface area contributed by atoms with Crippen molar-refractivity contribution in [2.24, 2.45) is 0 Å². The van der Waals surface area contributed by atoms with E-state index in [1.807, 2.05) is 26.0 Å². The van der Waals surface area contributed by atoms with Crippen molar-refractivity contribution in [1.82, 2.24) is 5.32 Å². The Balaban J connectivity index is 2.24. The molecule has 0 spiro atoms. The zero-order chi connectivity index (χ0) is 12.5. The summed E-state index contributed by atoms with van der Waals surface area (Å²) in [4.78, 5) is 0. The first-order valence-corrected chi connectivity index (χ1v) is 6.33. The summed E-state index contributed by atoms with van der Waals surface area (Å²) >= 11 is 0. The standard InChI is InChI=1S/C14H23NO2/c1-3-17-14-8-4-7-13(10-14)11-15-9-5-6-12(2)16/h4,7-8,10,12,15-16H,3,5-6,9,11H2,1-2H3. The smallest absolute Gasteiger partial charge is 0.119 e. The van der Waals surface area contributed by atoms with E-state index >= 15 is 0 Å². The maximum Gasteiger partial charge on any atom is 0.119 e. The first-order valence-electron chi connectivity index (χ1n) is 6.33. The molecule has 96 valence electrons. The highest BCUT2D eigenvalue weighted by atomic mass is 16.5. The zero-order valence-corrected chi connectivity index (χ0v) is 10.8. The molecule has 0 fully saturated rings. The van der Waals surface area contributed by atoms with Crippen LogP contribution in [0.15, 0.2) is 24.3 Å². The van der Waals surface area contributed by atoms with E-state index < -0.39 is 0 Å². The SMILES string of the molecule is CCOc1cccc(CNCCCC(C)O)c1. The molecule has 2 N–H and O–H groups in total. The van der Waals surface area contributed by atoms with Crippen molar-refractivity contribution in [2.75, 3.05) is 13.2 Å². The Morgan fingerprint density at radius 1 is 1.41 bits per heavy atom. The molecule has 0 amide bonds. The number of hydrogen-bond acceptors (Lipinski definition) is 3.